The Bertz CT molecular complexity index is 779. The first-order valence-corrected chi connectivity index (χ1v) is 6.08. The third-order valence-corrected chi connectivity index (χ3v) is 3.06. The first-order valence-electron chi connectivity index (χ1n) is 6.08. The van der Waals surface area contributed by atoms with E-state index >= 15 is 0 Å². The maximum absolute atomic E-state index is 9.78. The number of hydrogen-bond donors (Lipinski definition) is 2. The number of aromatic hydroxyl groups is 1. The van der Waals surface area contributed by atoms with E-state index in [0.717, 1.165) is 5.56 Å². The van der Waals surface area contributed by atoms with E-state index in [2.05, 4.69) is 9.97 Å². The summed E-state index contributed by atoms with van der Waals surface area (Å²) in [6.45, 7) is 0. The minimum atomic E-state index is 0. The number of phenols is 1. The van der Waals surface area contributed by atoms with Gasteiger partial charge in [-0.25, -0.2) is 9.97 Å². The van der Waals surface area contributed by atoms with Gasteiger partial charge in [0.25, 0.3) is 0 Å². The van der Waals surface area contributed by atoms with Crippen molar-refractivity contribution in [3.8, 4) is 22.9 Å². The molecule has 0 aliphatic carbocycles. The quantitative estimate of drug-likeness (QED) is 0.760. The van der Waals surface area contributed by atoms with Crippen LogP contribution in [0.1, 0.15) is 0 Å². The van der Waals surface area contributed by atoms with Gasteiger partial charge in [0.15, 0.2) is 17.3 Å². The molecule has 3 N–H and O–H groups in total. The normalized spacial score (nSPS) is 10.1. The first-order chi connectivity index (χ1) is 9.69. The van der Waals surface area contributed by atoms with Crippen LogP contribution in [-0.2, 0) is 0 Å². The average molecular weight is 304 g/mol. The van der Waals surface area contributed by atoms with Gasteiger partial charge >= 0.3 is 0 Å². The van der Waals surface area contributed by atoms with Crippen molar-refractivity contribution in [2.45, 2.75) is 0 Å². The zero-order chi connectivity index (χ0) is 14.1. The highest BCUT2D eigenvalue weighted by Gasteiger charge is 2.11. The van der Waals surface area contributed by atoms with E-state index in [1.165, 1.54) is 13.2 Å². The molecule has 0 amide bonds. The molecule has 0 bridgehead atoms. The molecule has 0 fully saturated rings. The number of halogens is 1. The van der Waals surface area contributed by atoms with E-state index in [1.807, 2.05) is 30.3 Å². The lowest BCUT2D eigenvalue weighted by atomic mass is 10.1. The number of nitrogen functional groups attached to an aromatic ring is 1. The maximum Gasteiger partial charge on any atom is 0.162 e. The van der Waals surface area contributed by atoms with E-state index < -0.39 is 0 Å². The van der Waals surface area contributed by atoms with Gasteiger partial charge in [0, 0.05) is 17.0 Å². The van der Waals surface area contributed by atoms with Crippen LogP contribution in [0, 0.1) is 0 Å². The molecule has 108 valence electrons. The number of phenolic OH excluding ortho intramolecular Hbond substituents is 1. The van der Waals surface area contributed by atoms with Crippen molar-refractivity contribution in [3.63, 3.8) is 0 Å². The Kier molecular flexibility index (Phi) is 4.14. The Hall–Kier alpha value is -2.53. The summed E-state index contributed by atoms with van der Waals surface area (Å²) in [6, 6.07) is 12.7. The van der Waals surface area contributed by atoms with Crippen LogP contribution in [0.4, 0.5) is 5.82 Å². The number of rotatable bonds is 2. The average Bonchev–Trinajstić information content (AvgIpc) is 2.48. The molecule has 5 nitrogen and oxygen atoms in total. The Labute approximate surface area is 127 Å². The number of benzene rings is 2. The molecule has 0 aliphatic rings. The molecule has 3 aromatic rings. The van der Waals surface area contributed by atoms with E-state index in [4.69, 9.17) is 10.5 Å². The summed E-state index contributed by atoms with van der Waals surface area (Å²) >= 11 is 0. The molecule has 2 aromatic carbocycles. The lowest BCUT2D eigenvalue weighted by molar-refractivity contribution is 0.374. The van der Waals surface area contributed by atoms with Crippen molar-refractivity contribution in [1.82, 2.24) is 9.97 Å². The highest BCUT2D eigenvalue weighted by atomic mass is 35.5. The Morgan fingerprint density at radius 2 is 1.81 bits per heavy atom. The second kappa shape index (κ2) is 5.85. The van der Waals surface area contributed by atoms with Crippen LogP contribution in [0.2, 0.25) is 0 Å². The predicted molar refractivity (Wildman–Crippen MR) is 84.9 cm³/mol. The summed E-state index contributed by atoms with van der Waals surface area (Å²) in [5, 5.41) is 10.4. The highest BCUT2D eigenvalue weighted by Crippen LogP contribution is 2.33. The lowest BCUT2D eigenvalue weighted by Gasteiger charge is -2.08. The van der Waals surface area contributed by atoms with Crippen LogP contribution < -0.4 is 10.5 Å². The molecule has 0 unspecified atom stereocenters. The molecule has 0 aliphatic heterocycles. The molecule has 0 spiro atoms. The van der Waals surface area contributed by atoms with Crippen LogP contribution >= 0.6 is 12.4 Å². The highest BCUT2D eigenvalue weighted by molar-refractivity contribution is 5.92. The number of nitrogens with two attached hydrogens (primary N) is 1. The summed E-state index contributed by atoms with van der Waals surface area (Å²) < 4.78 is 5.09. The van der Waals surface area contributed by atoms with Gasteiger partial charge in [-0.1, -0.05) is 30.3 Å². The zero-order valence-corrected chi connectivity index (χ0v) is 12.1. The van der Waals surface area contributed by atoms with Gasteiger partial charge in [0.2, 0.25) is 0 Å². The van der Waals surface area contributed by atoms with Crippen LogP contribution in [0.25, 0.3) is 22.3 Å². The zero-order valence-electron chi connectivity index (χ0n) is 11.3. The standard InChI is InChI=1S/C15H13N3O2.ClH/c1-20-13-8-11-10(7-12(13)19)14(16)18-15(17-11)9-5-3-2-4-6-9;/h2-8,19H,1H3,(H2,16,17,18);1H. The van der Waals surface area contributed by atoms with E-state index in [9.17, 15) is 5.11 Å². The molecular formula is C15H14ClN3O2. The fraction of sp³-hybridized carbons (Fsp3) is 0.0667. The first kappa shape index (κ1) is 14.9. The fourth-order valence-corrected chi connectivity index (χ4v) is 2.05. The van der Waals surface area contributed by atoms with Gasteiger partial charge in [0.1, 0.15) is 5.82 Å². The van der Waals surface area contributed by atoms with Gasteiger partial charge in [0.05, 0.1) is 12.6 Å². The number of fused-ring (bicyclic) bond motifs is 1. The molecule has 3 rings (SSSR count). The number of nitrogens with zero attached hydrogens (tertiary/aromatic N) is 2. The fourth-order valence-electron chi connectivity index (χ4n) is 2.05. The van der Waals surface area contributed by atoms with Gasteiger partial charge < -0.3 is 15.6 Å². The Morgan fingerprint density at radius 3 is 2.48 bits per heavy atom. The third kappa shape index (κ3) is 2.68. The molecule has 1 heterocycles. The largest absolute Gasteiger partial charge is 0.504 e. The van der Waals surface area contributed by atoms with Crippen molar-refractivity contribution in [2.24, 2.45) is 0 Å². The molecule has 0 radical (unpaired) electrons. The van der Waals surface area contributed by atoms with Crippen molar-refractivity contribution in [3.05, 3.63) is 42.5 Å². The van der Waals surface area contributed by atoms with Crippen molar-refractivity contribution >= 4 is 29.1 Å². The number of aromatic nitrogens is 2. The van der Waals surface area contributed by atoms with Gasteiger partial charge in [-0.15, -0.1) is 12.4 Å². The van der Waals surface area contributed by atoms with Crippen molar-refractivity contribution < 1.29 is 9.84 Å². The Balaban J connectivity index is 0.00000161. The number of methoxy groups -OCH3 is 1. The maximum atomic E-state index is 9.78. The van der Waals surface area contributed by atoms with Gasteiger partial charge in [-0.2, -0.15) is 0 Å². The summed E-state index contributed by atoms with van der Waals surface area (Å²) in [6.07, 6.45) is 0. The molecular weight excluding hydrogens is 290 g/mol. The van der Waals surface area contributed by atoms with E-state index in [-0.39, 0.29) is 18.2 Å². The molecule has 21 heavy (non-hydrogen) atoms. The summed E-state index contributed by atoms with van der Waals surface area (Å²) in [5.74, 6) is 1.24. The minimum Gasteiger partial charge on any atom is -0.504 e. The smallest absolute Gasteiger partial charge is 0.162 e. The summed E-state index contributed by atoms with van der Waals surface area (Å²) in [5.41, 5.74) is 7.46. The molecule has 0 saturated carbocycles. The molecule has 0 saturated heterocycles. The second-order valence-electron chi connectivity index (χ2n) is 4.34. The lowest BCUT2D eigenvalue weighted by Crippen LogP contribution is -1.98. The van der Waals surface area contributed by atoms with E-state index in [1.54, 1.807) is 6.07 Å². The van der Waals surface area contributed by atoms with Gasteiger partial charge in [-0.3, -0.25) is 0 Å². The summed E-state index contributed by atoms with van der Waals surface area (Å²) in [4.78, 5) is 8.76. The molecule has 0 atom stereocenters. The second-order valence-corrected chi connectivity index (χ2v) is 4.34. The van der Waals surface area contributed by atoms with Crippen LogP contribution in [0.3, 0.4) is 0 Å². The van der Waals surface area contributed by atoms with Crippen molar-refractivity contribution in [1.29, 1.82) is 0 Å². The van der Waals surface area contributed by atoms with Crippen LogP contribution in [0.15, 0.2) is 42.5 Å². The third-order valence-electron chi connectivity index (χ3n) is 3.06. The number of hydrogen-bond acceptors (Lipinski definition) is 5. The summed E-state index contributed by atoms with van der Waals surface area (Å²) in [7, 11) is 1.49. The molecule has 6 heteroatoms. The van der Waals surface area contributed by atoms with Crippen LogP contribution in [0.5, 0.6) is 11.5 Å². The van der Waals surface area contributed by atoms with Crippen molar-refractivity contribution in [2.75, 3.05) is 12.8 Å². The SMILES string of the molecule is COc1cc2nc(-c3ccccc3)nc(N)c2cc1O.Cl. The topological polar surface area (TPSA) is 81.3 Å². The molecule has 1 aromatic heterocycles. The minimum absolute atomic E-state index is 0. The monoisotopic (exact) mass is 303 g/mol. The van der Waals surface area contributed by atoms with Crippen LogP contribution in [-0.4, -0.2) is 22.2 Å². The Morgan fingerprint density at radius 1 is 1.10 bits per heavy atom. The predicted octanol–water partition coefficient (Wildman–Crippen LogP) is 3.02. The van der Waals surface area contributed by atoms with E-state index in [0.29, 0.717) is 28.3 Å². The van der Waals surface area contributed by atoms with Gasteiger partial charge in [-0.05, 0) is 6.07 Å². The number of anilines is 1. The number of ether oxygens (including phenoxy) is 1.